The van der Waals surface area contributed by atoms with E-state index in [1.807, 2.05) is 13.8 Å². The number of nitrogens with one attached hydrogen (secondary N) is 1. The van der Waals surface area contributed by atoms with Gasteiger partial charge >= 0.3 is 6.03 Å². The summed E-state index contributed by atoms with van der Waals surface area (Å²) in [6, 6.07) is -0.359. The van der Waals surface area contributed by atoms with Crippen molar-refractivity contribution < 1.29 is 14.4 Å². The second-order valence-electron chi connectivity index (χ2n) is 6.29. The summed E-state index contributed by atoms with van der Waals surface area (Å²) in [5, 5.41) is 2.83. The van der Waals surface area contributed by atoms with Crippen LogP contribution >= 0.6 is 0 Å². The number of urea groups is 1. The van der Waals surface area contributed by atoms with E-state index in [0.717, 1.165) is 18.4 Å². The number of hydrogen-bond acceptors (Lipinski definition) is 3. The van der Waals surface area contributed by atoms with Gasteiger partial charge in [-0.25, -0.2) is 4.79 Å². The van der Waals surface area contributed by atoms with Gasteiger partial charge < -0.3 is 10.2 Å². The van der Waals surface area contributed by atoms with Gasteiger partial charge in [-0.3, -0.25) is 14.5 Å². The molecule has 1 aliphatic carbocycles. The van der Waals surface area contributed by atoms with Gasteiger partial charge in [0.05, 0.1) is 0 Å². The maximum absolute atomic E-state index is 12.5. The van der Waals surface area contributed by atoms with Gasteiger partial charge in [-0.15, -0.1) is 0 Å². The summed E-state index contributed by atoms with van der Waals surface area (Å²) in [5.74, 6) is -0.218. The lowest BCUT2D eigenvalue weighted by Crippen LogP contribution is -2.44. The van der Waals surface area contributed by atoms with Gasteiger partial charge in [0.2, 0.25) is 5.91 Å². The van der Waals surface area contributed by atoms with Crippen molar-refractivity contribution in [2.75, 3.05) is 19.6 Å². The van der Waals surface area contributed by atoms with E-state index < -0.39 is 5.54 Å². The van der Waals surface area contributed by atoms with Gasteiger partial charge in [0.15, 0.2) is 0 Å². The molecule has 1 saturated heterocycles. The summed E-state index contributed by atoms with van der Waals surface area (Å²) < 4.78 is 0. The van der Waals surface area contributed by atoms with Crippen LogP contribution in [-0.2, 0) is 9.59 Å². The third-order valence-electron chi connectivity index (χ3n) is 4.45. The van der Waals surface area contributed by atoms with Crippen molar-refractivity contribution in [2.45, 2.75) is 51.5 Å². The second-order valence-corrected chi connectivity index (χ2v) is 6.29. The molecule has 0 aromatic heterocycles. The Morgan fingerprint density at radius 2 is 2.00 bits per heavy atom. The Labute approximate surface area is 131 Å². The average Bonchev–Trinajstić information content (AvgIpc) is 3.01. The highest BCUT2D eigenvalue weighted by Gasteiger charge is 2.52. The number of hydrogen-bond donors (Lipinski definition) is 1. The second kappa shape index (κ2) is 6.50. The molecule has 2 aliphatic rings. The van der Waals surface area contributed by atoms with Crippen LogP contribution in [0.3, 0.4) is 0 Å². The van der Waals surface area contributed by atoms with Crippen molar-refractivity contribution in [1.29, 1.82) is 0 Å². The van der Waals surface area contributed by atoms with Crippen LogP contribution in [0.2, 0.25) is 0 Å². The zero-order chi connectivity index (χ0) is 16.3. The topological polar surface area (TPSA) is 69.7 Å². The van der Waals surface area contributed by atoms with Crippen LogP contribution in [0.5, 0.6) is 0 Å². The number of imide groups is 1. The summed E-state index contributed by atoms with van der Waals surface area (Å²) in [7, 11) is 0. The number of carbonyl (C=O) groups is 3. The molecule has 0 aromatic carbocycles. The van der Waals surface area contributed by atoms with E-state index in [4.69, 9.17) is 0 Å². The molecular formula is C16H25N3O3. The summed E-state index contributed by atoms with van der Waals surface area (Å²) >= 11 is 0. The van der Waals surface area contributed by atoms with Crippen LogP contribution in [0.25, 0.3) is 0 Å². The first-order chi connectivity index (χ1) is 10.4. The zero-order valence-electron chi connectivity index (χ0n) is 13.5. The van der Waals surface area contributed by atoms with Crippen molar-refractivity contribution in [3.63, 3.8) is 0 Å². The van der Waals surface area contributed by atoms with E-state index in [1.165, 1.54) is 4.90 Å². The molecule has 2 rings (SSSR count). The standard InChI is InChI=1S/C16H25N3O3/c1-4-18(11-12(2)3)13(20)7-10-19-14(21)16(17-15(19)22)8-5-6-9-16/h2,4-11H2,1,3H3,(H,17,22). The number of likely N-dealkylation sites (N-methyl/N-ethyl adjacent to an activating group) is 1. The Hall–Kier alpha value is -1.85. The van der Waals surface area contributed by atoms with Crippen molar-refractivity contribution in [3.8, 4) is 0 Å². The SMILES string of the molecule is C=C(C)CN(CC)C(=O)CCN1C(=O)NC2(CCCC2)C1=O. The lowest BCUT2D eigenvalue weighted by molar-refractivity contribution is -0.133. The minimum atomic E-state index is -0.692. The van der Waals surface area contributed by atoms with Crippen molar-refractivity contribution in [2.24, 2.45) is 0 Å². The van der Waals surface area contributed by atoms with E-state index in [-0.39, 0.29) is 30.8 Å². The van der Waals surface area contributed by atoms with E-state index >= 15 is 0 Å². The number of nitrogens with zero attached hydrogens (tertiary/aromatic N) is 2. The van der Waals surface area contributed by atoms with Crippen LogP contribution in [0.15, 0.2) is 12.2 Å². The molecule has 6 nitrogen and oxygen atoms in total. The molecule has 1 heterocycles. The van der Waals surface area contributed by atoms with Gasteiger partial charge in [-0.05, 0) is 26.7 Å². The maximum atomic E-state index is 12.5. The van der Waals surface area contributed by atoms with E-state index in [0.29, 0.717) is 25.9 Å². The molecule has 0 unspecified atom stereocenters. The molecule has 0 atom stereocenters. The molecule has 4 amide bonds. The fraction of sp³-hybridized carbons (Fsp3) is 0.688. The Balaban J connectivity index is 1.93. The Morgan fingerprint density at radius 1 is 1.36 bits per heavy atom. The average molecular weight is 307 g/mol. The van der Waals surface area contributed by atoms with Crippen LogP contribution in [0.4, 0.5) is 4.79 Å². The van der Waals surface area contributed by atoms with E-state index in [9.17, 15) is 14.4 Å². The van der Waals surface area contributed by atoms with Crippen molar-refractivity contribution in [1.82, 2.24) is 15.1 Å². The molecule has 1 spiro atoms. The molecule has 0 aromatic rings. The number of amides is 4. The molecule has 0 radical (unpaired) electrons. The monoisotopic (exact) mass is 307 g/mol. The third kappa shape index (κ3) is 3.15. The molecule has 1 saturated carbocycles. The third-order valence-corrected chi connectivity index (χ3v) is 4.45. The Morgan fingerprint density at radius 3 is 2.55 bits per heavy atom. The summed E-state index contributed by atoms with van der Waals surface area (Å²) in [5.41, 5.74) is 0.220. The molecule has 0 bridgehead atoms. The van der Waals surface area contributed by atoms with Crippen LogP contribution in [0, 0.1) is 0 Å². The van der Waals surface area contributed by atoms with Gasteiger partial charge in [-0.2, -0.15) is 0 Å². The molecular weight excluding hydrogens is 282 g/mol. The normalized spacial score (nSPS) is 19.6. The van der Waals surface area contributed by atoms with Gasteiger partial charge in [-0.1, -0.05) is 25.0 Å². The lowest BCUT2D eigenvalue weighted by atomic mass is 9.98. The first-order valence-electron chi connectivity index (χ1n) is 7.96. The van der Waals surface area contributed by atoms with E-state index in [2.05, 4.69) is 11.9 Å². The largest absolute Gasteiger partial charge is 0.339 e. The summed E-state index contributed by atoms with van der Waals surface area (Å²) in [4.78, 5) is 39.6. The summed E-state index contributed by atoms with van der Waals surface area (Å²) in [6.07, 6.45) is 3.50. The molecule has 1 aliphatic heterocycles. The quantitative estimate of drug-likeness (QED) is 0.599. The highest BCUT2D eigenvalue weighted by atomic mass is 16.2. The van der Waals surface area contributed by atoms with Crippen LogP contribution in [0.1, 0.15) is 46.0 Å². The Kier molecular flexibility index (Phi) is 4.88. The molecule has 122 valence electrons. The highest BCUT2D eigenvalue weighted by molar-refractivity contribution is 6.07. The van der Waals surface area contributed by atoms with Gasteiger partial charge in [0.25, 0.3) is 5.91 Å². The number of carbonyl (C=O) groups excluding carboxylic acids is 3. The maximum Gasteiger partial charge on any atom is 0.325 e. The first-order valence-corrected chi connectivity index (χ1v) is 7.96. The highest BCUT2D eigenvalue weighted by Crippen LogP contribution is 2.35. The fourth-order valence-corrected chi connectivity index (χ4v) is 3.26. The minimum absolute atomic E-state index is 0.0570. The molecule has 22 heavy (non-hydrogen) atoms. The molecule has 1 N–H and O–H groups in total. The van der Waals surface area contributed by atoms with Crippen molar-refractivity contribution in [3.05, 3.63) is 12.2 Å². The fourth-order valence-electron chi connectivity index (χ4n) is 3.26. The van der Waals surface area contributed by atoms with Gasteiger partial charge in [0.1, 0.15) is 5.54 Å². The Bertz CT molecular complexity index is 495. The molecule has 6 heteroatoms. The van der Waals surface area contributed by atoms with E-state index in [1.54, 1.807) is 4.90 Å². The smallest absolute Gasteiger partial charge is 0.325 e. The predicted molar refractivity (Wildman–Crippen MR) is 83.1 cm³/mol. The van der Waals surface area contributed by atoms with Crippen LogP contribution in [-0.4, -0.2) is 52.8 Å². The molecule has 2 fully saturated rings. The predicted octanol–water partition coefficient (Wildman–Crippen LogP) is 1.67. The summed E-state index contributed by atoms with van der Waals surface area (Å²) in [6.45, 7) is 8.85. The van der Waals surface area contributed by atoms with Crippen LogP contribution < -0.4 is 5.32 Å². The minimum Gasteiger partial charge on any atom is -0.339 e. The van der Waals surface area contributed by atoms with Crippen molar-refractivity contribution >= 4 is 17.8 Å². The zero-order valence-corrected chi connectivity index (χ0v) is 13.5. The lowest BCUT2D eigenvalue weighted by Gasteiger charge is -2.23. The first kappa shape index (κ1) is 16.5. The van der Waals surface area contributed by atoms with Gasteiger partial charge in [0, 0.05) is 26.1 Å². The number of rotatable bonds is 6.